The van der Waals surface area contributed by atoms with Crippen molar-refractivity contribution >= 4 is 0 Å². The van der Waals surface area contributed by atoms with Crippen molar-refractivity contribution in [2.24, 2.45) is 0 Å². The Morgan fingerprint density at radius 1 is 1.17 bits per heavy atom. The third-order valence-electron chi connectivity index (χ3n) is 3.95. The molecule has 1 aliphatic heterocycles. The van der Waals surface area contributed by atoms with Gasteiger partial charge in [-0.3, -0.25) is 9.80 Å². The van der Waals surface area contributed by atoms with E-state index in [1.807, 2.05) is 24.3 Å². The number of aromatic nitrogens is 2. The van der Waals surface area contributed by atoms with Gasteiger partial charge in [0.05, 0.1) is 20.2 Å². The number of rotatable bonds is 5. The van der Waals surface area contributed by atoms with Gasteiger partial charge in [-0.05, 0) is 24.3 Å². The maximum atomic E-state index is 5.37. The molecule has 1 fully saturated rings. The normalized spacial score (nSPS) is 16.2. The Hall–Kier alpha value is -2.36. The van der Waals surface area contributed by atoms with E-state index in [9.17, 15) is 0 Å². The minimum absolute atomic E-state index is 0.605. The molecule has 0 aliphatic carbocycles. The zero-order chi connectivity index (χ0) is 16.1. The van der Waals surface area contributed by atoms with Crippen molar-refractivity contribution < 1.29 is 9.26 Å². The molecule has 2 aromatic rings. The molecule has 1 aliphatic rings. The average molecular weight is 312 g/mol. The molecule has 0 unspecified atom stereocenters. The van der Waals surface area contributed by atoms with Gasteiger partial charge in [-0.1, -0.05) is 11.1 Å². The highest BCUT2D eigenvalue weighted by Gasteiger charge is 2.18. The second kappa shape index (κ2) is 7.27. The molecule has 1 aromatic heterocycles. The van der Waals surface area contributed by atoms with Gasteiger partial charge in [-0.15, -0.1) is 6.42 Å². The van der Waals surface area contributed by atoms with Crippen LogP contribution in [0.3, 0.4) is 0 Å². The zero-order valence-electron chi connectivity index (χ0n) is 13.2. The van der Waals surface area contributed by atoms with Crippen LogP contribution in [0.4, 0.5) is 0 Å². The lowest BCUT2D eigenvalue weighted by Crippen LogP contribution is -2.45. The summed E-state index contributed by atoms with van der Waals surface area (Å²) in [6.07, 6.45) is 5.35. The molecule has 3 rings (SSSR count). The smallest absolute Gasteiger partial charge is 0.241 e. The van der Waals surface area contributed by atoms with Crippen LogP contribution in [0.1, 0.15) is 5.89 Å². The second-order valence-corrected chi connectivity index (χ2v) is 5.50. The number of hydrogen-bond donors (Lipinski definition) is 0. The van der Waals surface area contributed by atoms with Gasteiger partial charge < -0.3 is 9.26 Å². The highest BCUT2D eigenvalue weighted by atomic mass is 16.5. The highest BCUT2D eigenvalue weighted by Crippen LogP contribution is 2.20. The first-order valence-corrected chi connectivity index (χ1v) is 7.63. The first-order chi connectivity index (χ1) is 11.3. The Bertz CT molecular complexity index is 667. The molecule has 1 saturated heterocycles. The number of ether oxygens (including phenoxy) is 1. The van der Waals surface area contributed by atoms with Crippen molar-refractivity contribution in [3.63, 3.8) is 0 Å². The molecule has 2 heterocycles. The van der Waals surface area contributed by atoms with E-state index in [0.717, 1.165) is 44.0 Å². The van der Waals surface area contributed by atoms with Gasteiger partial charge in [0.25, 0.3) is 0 Å². The van der Waals surface area contributed by atoms with Gasteiger partial charge in [0.2, 0.25) is 11.7 Å². The van der Waals surface area contributed by atoms with Gasteiger partial charge in [0.15, 0.2) is 0 Å². The molecular weight excluding hydrogens is 292 g/mol. The number of hydrogen-bond acceptors (Lipinski definition) is 6. The molecule has 0 bridgehead atoms. The third kappa shape index (κ3) is 3.89. The van der Waals surface area contributed by atoms with Gasteiger partial charge >= 0.3 is 0 Å². The van der Waals surface area contributed by atoms with Gasteiger partial charge in [0.1, 0.15) is 5.75 Å². The topological polar surface area (TPSA) is 54.6 Å². The van der Waals surface area contributed by atoms with E-state index in [1.165, 1.54) is 0 Å². The number of methoxy groups -OCH3 is 1. The Morgan fingerprint density at radius 3 is 2.52 bits per heavy atom. The van der Waals surface area contributed by atoms with E-state index in [1.54, 1.807) is 7.11 Å². The zero-order valence-corrected chi connectivity index (χ0v) is 13.2. The SMILES string of the molecule is C#CCN1CCN(Cc2nc(-c3ccc(OC)cc3)no2)CC1. The van der Waals surface area contributed by atoms with Gasteiger partial charge in [0, 0.05) is 31.7 Å². The predicted octanol–water partition coefficient (Wildman–Crippen LogP) is 1.50. The van der Waals surface area contributed by atoms with Crippen molar-refractivity contribution in [2.45, 2.75) is 6.54 Å². The highest BCUT2D eigenvalue weighted by molar-refractivity contribution is 5.55. The Balaban J connectivity index is 1.58. The van der Waals surface area contributed by atoms with Crippen molar-refractivity contribution in [1.82, 2.24) is 19.9 Å². The van der Waals surface area contributed by atoms with Crippen molar-refractivity contribution in [3.8, 4) is 29.5 Å². The van der Waals surface area contributed by atoms with Crippen molar-refractivity contribution in [1.29, 1.82) is 0 Å². The van der Waals surface area contributed by atoms with Crippen LogP contribution in [0.15, 0.2) is 28.8 Å². The van der Waals surface area contributed by atoms with Crippen molar-refractivity contribution in [2.75, 3.05) is 39.8 Å². The van der Waals surface area contributed by atoms with Crippen LogP contribution in [0.25, 0.3) is 11.4 Å². The molecule has 6 heteroatoms. The van der Waals surface area contributed by atoms with E-state index >= 15 is 0 Å². The Morgan fingerprint density at radius 2 is 1.87 bits per heavy atom. The first kappa shape index (κ1) is 15.5. The minimum Gasteiger partial charge on any atom is -0.497 e. The summed E-state index contributed by atoms with van der Waals surface area (Å²) < 4.78 is 10.5. The summed E-state index contributed by atoms with van der Waals surface area (Å²) in [5.74, 6) is 4.74. The third-order valence-corrected chi connectivity index (χ3v) is 3.95. The van der Waals surface area contributed by atoms with Crippen LogP contribution in [0, 0.1) is 12.3 Å². The fourth-order valence-corrected chi connectivity index (χ4v) is 2.60. The summed E-state index contributed by atoms with van der Waals surface area (Å²) >= 11 is 0. The van der Waals surface area contributed by atoms with Gasteiger partial charge in [-0.2, -0.15) is 4.98 Å². The second-order valence-electron chi connectivity index (χ2n) is 5.50. The molecule has 120 valence electrons. The van der Waals surface area contributed by atoms with E-state index < -0.39 is 0 Å². The van der Waals surface area contributed by atoms with Crippen LogP contribution in [0.5, 0.6) is 5.75 Å². The van der Waals surface area contributed by atoms with E-state index in [0.29, 0.717) is 18.3 Å². The maximum absolute atomic E-state index is 5.37. The fourth-order valence-electron chi connectivity index (χ4n) is 2.60. The summed E-state index contributed by atoms with van der Waals surface area (Å²) in [6, 6.07) is 7.62. The summed E-state index contributed by atoms with van der Waals surface area (Å²) in [6.45, 7) is 5.26. The number of terminal acetylenes is 1. The molecule has 23 heavy (non-hydrogen) atoms. The predicted molar refractivity (Wildman–Crippen MR) is 86.8 cm³/mol. The largest absolute Gasteiger partial charge is 0.497 e. The summed E-state index contributed by atoms with van der Waals surface area (Å²) in [7, 11) is 1.64. The molecule has 0 amide bonds. The van der Waals surface area contributed by atoms with Gasteiger partial charge in [-0.25, -0.2) is 0 Å². The quantitative estimate of drug-likeness (QED) is 0.780. The van der Waals surface area contributed by atoms with E-state index in [2.05, 4.69) is 25.9 Å². The standard InChI is InChI=1S/C17H20N4O2/c1-3-8-20-9-11-21(12-10-20)13-16-18-17(19-23-16)14-4-6-15(22-2)7-5-14/h1,4-7H,8-13H2,2H3. The molecule has 0 saturated carbocycles. The molecular formula is C17H20N4O2. The first-order valence-electron chi connectivity index (χ1n) is 7.63. The average Bonchev–Trinajstić information content (AvgIpc) is 3.05. The lowest BCUT2D eigenvalue weighted by molar-refractivity contribution is 0.126. The lowest BCUT2D eigenvalue weighted by Gasteiger charge is -2.32. The molecule has 0 spiro atoms. The molecule has 0 N–H and O–H groups in total. The summed E-state index contributed by atoms with van der Waals surface area (Å²) in [4.78, 5) is 9.05. The van der Waals surface area contributed by atoms with Crippen LogP contribution in [-0.4, -0.2) is 59.8 Å². The molecule has 1 aromatic carbocycles. The molecule has 6 nitrogen and oxygen atoms in total. The lowest BCUT2D eigenvalue weighted by atomic mass is 10.2. The van der Waals surface area contributed by atoms with Crippen molar-refractivity contribution in [3.05, 3.63) is 30.2 Å². The Labute approximate surface area is 136 Å². The van der Waals surface area contributed by atoms with Crippen LogP contribution in [0.2, 0.25) is 0 Å². The summed E-state index contributed by atoms with van der Waals surface area (Å²) in [5, 5.41) is 4.06. The number of benzene rings is 1. The number of piperazine rings is 1. The monoisotopic (exact) mass is 312 g/mol. The minimum atomic E-state index is 0.605. The molecule has 0 atom stereocenters. The van der Waals surface area contributed by atoms with E-state index in [-0.39, 0.29) is 0 Å². The Kier molecular flexibility index (Phi) is 4.91. The van der Waals surface area contributed by atoms with Crippen LogP contribution >= 0.6 is 0 Å². The van der Waals surface area contributed by atoms with Crippen LogP contribution in [-0.2, 0) is 6.54 Å². The number of nitrogens with zero attached hydrogens (tertiary/aromatic N) is 4. The fraction of sp³-hybridized carbons (Fsp3) is 0.412. The van der Waals surface area contributed by atoms with E-state index in [4.69, 9.17) is 15.7 Å². The van der Waals surface area contributed by atoms with Crippen LogP contribution < -0.4 is 4.74 Å². The molecule has 0 radical (unpaired) electrons. The maximum Gasteiger partial charge on any atom is 0.241 e. The summed E-state index contributed by atoms with van der Waals surface area (Å²) in [5.41, 5.74) is 0.916.